The zero-order valence-electron chi connectivity index (χ0n) is 19.2. The van der Waals surface area contributed by atoms with Crippen molar-refractivity contribution in [2.75, 3.05) is 30.9 Å². The molecule has 1 aliphatic heterocycles. The van der Waals surface area contributed by atoms with Crippen LogP contribution in [0, 0.1) is 5.92 Å². The summed E-state index contributed by atoms with van der Waals surface area (Å²) in [5, 5.41) is 3.51. The van der Waals surface area contributed by atoms with Crippen LogP contribution in [0.3, 0.4) is 0 Å². The summed E-state index contributed by atoms with van der Waals surface area (Å²) in [7, 11) is -3.81. The molecule has 1 aromatic rings. The van der Waals surface area contributed by atoms with E-state index in [1.807, 2.05) is 12.1 Å². The normalized spacial score (nSPS) is 22.7. The molecular formula is C26H34N4O2S. The monoisotopic (exact) mass is 466 g/mol. The predicted octanol–water partition coefficient (Wildman–Crippen LogP) is 4.55. The third kappa shape index (κ3) is 5.54. The van der Waals surface area contributed by atoms with Gasteiger partial charge < -0.3 is 5.32 Å². The van der Waals surface area contributed by atoms with Gasteiger partial charge in [0.25, 0.3) is 10.0 Å². The van der Waals surface area contributed by atoms with Crippen LogP contribution < -0.4 is 10.0 Å². The minimum atomic E-state index is -3.81. The third-order valence-electron chi connectivity index (χ3n) is 6.71. The van der Waals surface area contributed by atoms with Crippen LogP contribution in [0.4, 0.5) is 5.69 Å². The molecule has 2 aliphatic carbocycles. The highest BCUT2D eigenvalue weighted by Gasteiger charge is 2.31. The molecule has 7 heteroatoms. The van der Waals surface area contributed by atoms with E-state index in [-0.39, 0.29) is 4.91 Å². The second kappa shape index (κ2) is 10.6. The van der Waals surface area contributed by atoms with Gasteiger partial charge >= 0.3 is 0 Å². The lowest BCUT2D eigenvalue weighted by molar-refractivity contribution is 0.151. The maximum Gasteiger partial charge on any atom is 0.264 e. The zero-order chi connectivity index (χ0) is 23.3. The molecule has 4 rings (SSSR count). The predicted molar refractivity (Wildman–Crippen MR) is 137 cm³/mol. The van der Waals surface area contributed by atoms with E-state index in [0.29, 0.717) is 28.9 Å². The van der Waals surface area contributed by atoms with Gasteiger partial charge in [-0.05, 0) is 61.1 Å². The molecule has 1 saturated carbocycles. The molecule has 1 aromatic carbocycles. The molecule has 1 saturated heterocycles. The fraction of sp³-hybridized carbons (Fsp3) is 0.423. The standard InChI is InChI=1S/C26H34N4O2S/c1-3-28-25-20(2)8-6-11-24(25)33(31,32)29-23-14-12-22(13-15-23)26(21-9-4-5-10-21)30-18-7-16-27-17-19-30/h3,6,8,11-15,21,26-27,29H,1-2,4-5,7,9-10,16-19H2. The molecule has 1 unspecified atom stereocenters. The number of anilines is 1. The molecule has 1 heterocycles. The van der Waals surface area contributed by atoms with Gasteiger partial charge in [0.2, 0.25) is 0 Å². The van der Waals surface area contributed by atoms with Crippen molar-refractivity contribution >= 4 is 21.4 Å². The summed E-state index contributed by atoms with van der Waals surface area (Å²) in [6.07, 6.45) is 12.6. The lowest BCUT2D eigenvalue weighted by atomic mass is 9.90. The van der Waals surface area contributed by atoms with Crippen molar-refractivity contribution in [1.82, 2.24) is 10.2 Å². The summed E-state index contributed by atoms with van der Waals surface area (Å²) in [5.41, 5.74) is 2.67. The maximum atomic E-state index is 13.1. The van der Waals surface area contributed by atoms with E-state index >= 15 is 0 Å². The highest BCUT2D eigenvalue weighted by atomic mass is 32.2. The quantitative estimate of drug-likeness (QED) is 0.618. The van der Waals surface area contributed by atoms with E-state index in [2.05, 4.69) is 45.2 Å². The van der Waals surface area contributed by atoms with Crippen molar-refractivity contribution in [3.63, 3.8) is 0 Å². The van der Waals surface area contributed by atoms with Crippen LogP contribution in [0.5, 0.6) is 0 Å². The van der Waals surface area contributed by atoms with Crippen LogP contribution in [-0.2, 0) is 10.0 Å². The lowest BCUT2D eigenvalue weighted by Gasteiger charge is -2.35. The molecule has 3 aliphatic rings. The molecule has 0 bridgehead atoms. The van der Waals surface area contributed by atoms with Crippen LogP contribution in [0.2, 0.25) is 0 Å². The zero-order valence-corrected chi connectivity index (χ0v) is 20.0. The molecule has 0 spiro atoms. The molecule has 2 fully saturated rings. The molecule has 33 heavy (non-hydrogen) atoms. The van der Waals surface area contributed by atoms with Crippen LogP contribution in [-0.4, -0.2) is 45.2 Å². The first-order valence-corrected chi connectivity index (χ1v) is 13.3. The van der Waals surface area contributed by atoms with Crippen LogP contribution >= 0.6 is 0 Å². The molecule has 0 amide bonds. The first-order chi connectivity index (χ1) is 16.0. The Morgan fingerprint density at radius 1 is 1.12 bits per heavy atom. The minimum Gasteiger partial charge on any atom is -0.315 e. The average molecular weight is 467 g/mol. The minimum absolute atomic E-state index is 0.0971. The van der Waals surface area contributed by atoms with Gasteiger partial charge in [-0.2, -0.15) is 0 Å². The number of benzene rings is 1. The number of allylic oxidation sites excluding steroid dienone is 5. The first kappa shape index (κ1) is 23.7. The SMILES string of the molecule is C=CN=C1C(=C)C=CC=C1S(=O)(=O)Nc1ccc(C(C2CCCC2)N2CCCNCC2)cc1. The number of hydrogen-bond acceptors (Lipinski definition) is 5. The Morgan fingerprint density at radius 2 is 1.88 bits per heavy atom. The highest BCUT2D eigenvalue weighted by molar-refractivity contribution is 7.97. The number of nitrogens with zero attached hydrogens (tertiary/aromatic N) is 2. The van der Waals surface area contributed by atoms with Crippen LogP contribution in [0.25, 0.3) is 0 Å². The van der Waals surface area contributed by atoms with Gasteiger partial charge in [-0.1, -0.05) is 50.3 Å². The average Bonchev–Trinajstić information content (AvgIpc) is 3.19. The number of sulfonamides is 1. The summed E-state index contributed by atoms with van der Waals surface area (Å²) >= 11 is 0. The van der Waals surface area contributed by atoms with E-state index in [4.69, 9.17) is 0 Å². The topological polar surface area (TPSA) is 73.8 Å². The maximum absolute atomic E-state index is 13.1. The van der Waals surface area contributed by atoms with Gasteiger partial charge in [0, 0.05) is 37.6 Å². The third-order valence-corrected chi connectivity index (χ3v) is 8.12. The van der Waals surface area contributed by atoms with Crippen molar-refractivity contribution in [2.24, 2.45) is 10.9 Å². The molecule has 2 N–H and O–H groups in total. The second-order valence-corrected chi connectivity index (χ2v) is 10.6. The Balaban J connectivity index is 1.55. The van der Waals surface area contributed by atoms with Crippen LogP contribution in [0.1, 0.15) is 43.7 Å². The van der Waals surface area contributed by atoms with Crippen molar-refractivity contribution in [3.05, 3.63) is 77.9 Å². The van der Waals surface area contributed by atoms with E-state index in [9.17, 15) is 8.42 Å². The Morgan fingerprint density at radius 3 is 2.61 bits per heavy atom. The van der Waals surface area contributed by atoms with Gasteiger partial charge in [-0.15, -0.1) is 0 Å². The summed E-state index contributed by atoms with van der Waals surface area (Å²) in [6, 6.07) is 8.32. The fourth-order valence-electron chi connectivity index (χ4n) is 5.18. The number of rotatable bonds is 7. The Hall–Kier alpha value is -2.48. The van der Waals surface area contributed by atoms with Gasteiger partial charge in [0.1, 0.15) is 4.91 Å². The van der Waals surface area contributed by atoms with E-state index in [1.54, 1.807) is 12.2 Å². The van der Waals surface area contributed by atoms with E-state index < -0.39 is 10.0 Å². The molecule has 0 aromatic heterocycles. The number of nitrogens with one attached hydrogen (secondary N) is 2. The summed E-state index contributed by atoms with van der Waals surface area (Å²) in [5.74, 6) is 0.661. The molecular weight excluding hydrogens is 432 g/mol. The van der Waals surface area contributed by atoms with Crippen molar-refractivity contribution in [3.8, 4) is 0 Å². The van der Waals surface area contributed by atoms with Gasteiger partial charge in [-0.25, -0.2) is 8.42 Å². The molecule has 0 radical (unpaired) electrons. The molecule has 6 nitrogen and oxygen atoms in total. The van der Waals surface area contributed by atoms with Gasteiger partial charge in [-0.3, -0.25) is 14.6 Å². The van der Waals surface area contributed by atoms with E-state index in [1.165, 1.54) is 43.5 Å². The van der Waals surface area contributed by atoms with E-state index in [0.717, 1.165) is 32.6 Å². The van der Waals surface area contributed by atoms with Gasteiger partial charge in [0.05, 0.1) is 5.71 Å². The van der Waals surface area contributed by atoms with Crippen molar-refractivity contribution < 1.29 is 8.42 Å². The first-order valence-electron chi connectivity index (χ1n) is 11.8. The fourth-order valence-corrected chi connectivity index (χ4v) is 6.43. The number of hydrogen-bond donors (Lipinski definition) is 2. The van der Waals surface area contributed by atoms with Crippen LogP contribution in [0.15, 0.2) is 77.3 Å². The molecule has 176 valence electrons. The summed E-state index contributed by atoms with van der Waals surface area (Å²) in [4.78, 5) is 6.85. The molecule has 1 atom stereocenters. The highest BCUT2D eigenvalue weighted by Crippen LogP contribution is 2.40. The Labute approximate surface area is 197 Å². The second-order valence-electron chi connectivity index (χ2n) is 8.93. The Kier molecular flexibility index (Phi) is 7.63. The number of aliphatic imine (C=N–C) groups is 1. The largest absolute Gasteiger partial charge is 0.315 e. The summed E-state index contributed by atoms with van der Waals surface area (Å²) < 4.78 is 28.9. The smallest absolute Gasteiger partial charge is 0.264 e. The lowest BCUT2D eigenvalue weighted by Crippen LogP contribution is -2.35. The van der Waals surface area contributed by atoms with Crippen molar-refractivity contribution in [2.45, 2.75) is 38.1 Å². The summed E-state index contributed by atoms with van der Waals surface area (Å²) in [6.45, 7) is 11.7. The Bertz CT molecular complexity index is 1060. The van der Waals surface area contributed by atoms with Crippen molar-refractivity contribution in [1.29, 1.82) is 0 Å². The van der Waals surface area contributed by atoms with Gasteiger partial charge in [0.15, 0.2) is 0 Å².